The number of benzene rings is 3. The number of Topliss-reactive ketones (excluding diaryl/α,β-unsaturated/α-hetero) is 1. The lowest BCUT2D eigenvalue weighted by Gasteiger charge is -1.99. The number of hydrogen-bond acceptors (Lipinski definition) is 8. The number of nitrogens with zero attached hydrogens (tertiary/aromatic N) is 8. The number of carboxylic acids is 1. The van der Waals surface area contributed by atoms with E-state index in [0.29, 0.717) is 25.9 Å². The fourth-order valence-electron chi connectivity index (χ4n) is 3.70. The van der Waals surface area contributed by atoms with Gasteiger partial charge in [-0.05, 0) is 30.3 Å². The Balaban J connectivity index is 0.000000137. The number of carboxylic acid groups (broad SMARTS) is 1. The number of aryl methyl sites for hydroxylation is 2. The first-order valence-corrected chi connectivity index (χ1v) is 12.3. The maximum absolute atomic E-state index is 11.2. The standard InChI is InChI=1S/C11H13N3O.C9H9N3O2.C7H6N2/c1-2-9(15)7-8-14-11-6-4-3-5-10(11)12-13-14;13-9(14)5-6-12-8-4-2-1-3-7(8)10-11-12;1-2-4-7-6(3-1)5-8-9-7/h3-6H,2,7-8H2,1H3;1-4H,5-6H2,(H,13,14);1-4H,5H2. The Morgan fingerprint density at radius 2 is 1.34 bits per heavy atom. The predicted octanol–water partition coefficient (Wildman–Crippen LogP) is 4.99. The summed E-state index contributed by atoms with van der Waals surface area (Å²) in [7, 11) is 0. The van der Waals surface area contributed by atoms with Crippen LogP contribution in [0.25, 0.3) is 22.1 Å². The molecule has 194 valence electrons. The first kappa shape index (κ1) is 26.3. The van der Waals surface area contributed by atoms with Crippen molar-refractivity contribution in [1.82, 2.24) is 30.0 Å². The van der Waals surface area contributed by atoms with Gasteiger partial charge in [-0.2, -0.15) is 10.2 Å². The number of aromatic nitrogens is 6. The largest absolute Gasteiger partial charge is 0.481 e. The molecule has 3 aromatic carbocycles. The molecule has 0 aliphatic carbocycles. The maximum atomic E-state index is 11.2. The van der Waals surface area contributed by atoms with E-state index in [9.17, 15) is 9.59 Å². The van der Waals surface area contributed by atoms with E-state index < -0.39 is 5.97 Å². The summed E-state index contributed by atoms with van der Waals surface area (Å²) in [5, 5.41) is 32.2. The Kier molecular flexibility index (Phi) is 8.95. The minimum atomic E-state index is -0.829. The van der Waals surface area contributed by atoms with Crippen molar-refractivity contribution in [1.29, 1.82) is 0 Å². The summed E-state index contributed by atoms with van der Waals surface area (Å²) < 4.78 is 3.38. The van der Waals surface area contributed by atoms with Crippen molar-refractivity contribution in [2.24, 2.45) is 10.2 Å². The average Bonchev–Trinajstić information content (AvgIpc) is 3.69. The first-order chi connectivity index (χ1) is 18.5. The van der Waals surface area contributed by atoms with Gasteiger partial charge >= 0.3 is 5.97 Å². The fraction of sp³-hybridized carbons (Fsp3) is 0.259. The second kappa shape index (κ2) is 12.9. The van der Waals surface area contributed by atoms with E-state index in [4.69, 9.17) is 5.11 Å². The number of rotatable bonds is 7. The maximum Gasteiger partial charge on any atom is 0.305 e. The molecule has 0 spiro atoms. The summed E-state index contributed by atoms with van der Waals surface area (Å²) >= 11 is 0. The van der Waals surface area contributed by atoms with E-state index in [1.165, 1.54) is 5.56 Å². The van der Waals surface area contributed by atoms with Crippen LogP contribution in [0.5, 0.6) is 0 Å². The monoisotopic (exact) mass is 512 g/mol. The summed E-state index contributed by atoms with van der Waals surface area (Å²) in [6, 6.07) is 23.2. The van der Waals surface area contributed by atoms with Crippen LogP contribution in [-0.2, 0) is 29.2 Å². The predicted molar refractivity (Wildman–Crippen MR) is 142 cm³/mol. The van der Waals surface area contributed by atoms with Crippen LogP contribution < -0.4 is 0 Å². The molecule has 11 nitrogen and oxygen atoms in total. The van der Waals surface area contributed by atoms with Crippen LogP contribution >= 0.6 is 0 Å². The smallest absolute Gasteiger partial charge is 0.305 e. The van der Waals surface area contributed by atoms with Gasteiger partial charge in [0.05, 0.1) is 42.8 Å². The number of azo groups is 1. The third-order valence-corrected chi connectivity index (χ3v) is 5.79. The van der Waals surface area contributed by atoms with Crippen molar-refractivity contribution in [2.75, 3.05) is 0 Å². The van der Waals surface area contributed by atoms with Gasteiger partial charge in [0.25, 0.3) is 0 Å². The number of para-hydroxylation sites is 2. The van der Waals surface area contributed by atoms with Crippen molar-refractivity contribution >= 4 is 39.5 Å². The van der Waals surface area contributed by atoms with Crippen LogP contribution in [0.3, 0.4) is 0 Å². The van der Waals surface area contributed by atoms with Gasteiger partial charge < -0.3 is 5.11 Å². The van der Waals surface area contributed by atoms with Crippen LogP contribution in [0.1, 0.15) is 31.7 Å². The number of carbonyl (C=O) groups is 2. The Bertz CT molecular complexity index is 1560. The number of fused-ring (bicyclic) bond motifs is 3. The van der Waals surface area contributed by atoms with Crippen LogP contribution in [0.15, 0.2) is 83.0 Å². The van der Waals surface area contributed by atoms with Crippen molar-refractivity contribution in [3.05, 3.63) is 78.4 Å². The van der Waals surface area contributed by atoms with Crippen LogP contribution in [0.4, 0.5) is 5.69 Å². The molecule has 0 bridgehead atoms. The van der Waals surface area contributed by atoms with E-state index in [2.05, 4.69) is 36.9 Å². The molecule has 5 aromatic rings. The second-order valence-electron chi connectivity index (χ2n) is 8.42. The topological polar surface area (TPSA) is 141 Å². The van der Waals surface area contributed by atoms with Crippen LogP contribution in [0, 0.1) is 0 Å². The molecule has 0 fully saturated rings. The summed E-state index contributed by atoms with van der Waals surface area (Å²) in [6.45, 7) is 3.61. The lowest BCUT2D eigenvalue weighted by molar-refractivity contribution is -0.137. The van der Waals surface area contributed by atoms with Gasteiger partial charge in [0.2, 0.25) is 0 Å². The Labute approximate surface area is 218 Å². The van der Waals surface area contributed by atoms with Crippen molar-refractivity contribution in [3.63, 3.8) is 0 Å². The molecule has 0 saturated carbocycles. The van der Waals surface area contributed by atoms with E-state index in [0.717, 1.165) is 34.3 Å². The van der Waals surface area contributed by atoms with Crippen LogP contribution in [-0.4, -0.2) is 46.8 Å². The van der Waals surface area contributed by atoms with Gasteiger partial charge in [-0.25, -0.2) is 9.36 Å². The Morgan fingerprint density at radius 3 is 1.92 bits per heavy atom. The lowest BCUT2D eigenvalue weighted by atomic mass is 10.2. The molecule has 0 atom stereocenters. The molecule has 6 rings (SSSR count). The van der Waals surface area contributed by atoms with E-state index >= 15 is 0 Å². The number of carbonyl (C=O) groups excluding carboxylic acids is 1. The summed E-state index contributed by atoms with van der Waals surface area (Å²) in [5.41, 5.74) is 5.78. The van der Waals surface area contributed by atoms with Gasteiger partial charge in [0.15, 0.2) is 0 Å². The highest BCUT2D eigenvalue weighted by atomic mass is 16.4. The van der Waals surface area contributed by atoms with E-state index in [1.807, 2.05) is 73.7 Å². The molecule has 2 aromatic heterocycles. The van der Waals surface area contributed by atoms with Crippen molar-refractivity contribution in [3.8, 4) is 0 Å². The van der Waals surface area contributed by atoms with Gasteiger partial charge in [-0.3, -0.25) is 9.59 Å². The molecule has 3 heterocycles. The molecule has 1 aliphatic rings. The Morgan fingerprint density at radius 1 is 0.789 bits per heavy atom. The second-order valence-corrected chi connectivity index (χ2v) is 8.42. The third-order valence-electron chi connectivity index (χ3n) is 5.79. The number of hydrogen-bond donors (Lipinski definition) is 1. The zero-order valence-corrected chi connectivity index (χ0v) is 21.0. The SMILES string of the molecule is CCC(=O)CCn1nnc2ccccc21.O=C(O)CCn1nnc2ccccc21.c1ccc2c(c1)CN=N2. The molecule has 11 heteroatoms. The highest BCUT2D eigenvalue weighted by Crippen LogP contribution is 2.25. The average molecular weight is 513 g/mol. The summed E-state index contributed by atoms with van der Waals surface area (Å²) in [5.74, 6) is -0.570. The quantitative estimate of drug-likeness (QED) is 0.324. The molecule has 0 amide bonds. The van der Waals surface area contributed by atoms with Crippen molar-refractivity contribution in [2.45, 2.75) is 45.8 Å². The van der Waals surface area contributed by atoms with Gasteiger partial charge in [0, 0.05) is 18.4 Å². The minimum Gasteiger partial charge on any atom is -0.481 e. The summed E-state index contributed by atoms with van der Waals surface area (Å²) in [4.78, 5) is 21.6. The zero-order chi connectivity index (χ0) is 26.7. The zero-order valence-electron chi connectivity index (χ0n) is 21.0. The normalized spacial score (nSPS) is 11.4. The molecule has 0 radical (unpaired) electrons. The molecule has 1 N–H and O–H groups in total. The van der Waals surface area contributed by atoms with Crippen LogP contribution in [0.2, 0.25) is 0 Å². The molecular weight excluding hydrogens is 484 g/mol. The van der Waals surface area contributed by atoms with E-state index in [1.54, 1.807) is 9.36 Å². The highest BCUT2D eigenvalue weighted by Gasteiger charge is 2.06. The molecule has 1 aliphatic heterocycles. The van der Waals surface area contributed by atoms with Gasteiger partial charge in [-0.1, -0.05) is 59.8 Å². The molecule has 0 unspecified atom stereocenters. The minimum absolute atomic E-state index is 0.0629. The Hall–Kier alpha value is -4.80. The number of ketones is 1. The fourth-order valence-corrected chi connectivity index (χ4v) is 3.70. The molecular formula is C27H28N8O3. The third kappa shape index (κ3) is 6.90. The lowest BCUT2D eigenvalue weighted by Crippen LogP contribution is -2.05. The van der Waals surface area contributed by atoms with Gasteiger partial charge in [-0.15, -0.1) is 10.2 Å². The van der Waals surface area contributed by atoms with Gasteiger partial charge in [0.1, 0.15) is 16.8 Å². The molecule has 0 saturated heterocycles. The molecule has 38 heavy (non-hydrogen) atoms. The first-order valence-electron chi connectivity index (χ1n) is 12.3. The highest BCUT2D eigenvalue weighted by molar-refractivity contribution is 5.78. The van der Waals surface area contributed by atoms with Crippen molar-refractivity contribution < 1.29 is 14.7 Å². The number of aliphatic carboxylic acids is 1. The van der Waals surface area contributed by atoms with E-state index in [-0.39, 0.29) is 12.2 Å². The summed E-state index contributed by atoms with van der Waals surface area (Å²) in [6.07, 6.45) is 1.18.